The fourth-order valence-electron chi connectivity index (χ4n) is 3.48. The predicted octanol–water partition coefficient (Wildman–Crippen LogP) is 6.72. The van der Waals surface area contributed by atoms with Gasteiger partial charge in [-0.25, -0.2) is 4.79 Å². The maximum Gasteiger partial charge on any atom is 0.418 e. The Hall–Kier alpha value is -3.87. The molecule has 0 radical (unpaired) electrons. The largest absolute Gasteiger partial charge is 0.478 e. The Labute approximate surface area is 175 Å². The van der Waals surface area contributed by atoms with E-state index in [0.717, 1.165) is 11.6 Å². The van der Waals surface area contributed by atoms with Crippen molar-refractivity contribution in [3.63, 3.8) is 0 Å². The molecule has 3 aromatic carbocycles. The van der Waals surface area contributed by atoms with Crippen LogP contribution in [-0.2, 0) is 6.18 Å². The number of rotatable bonds is 4. The quantitative estimate of drug-likeness (QED) is 0.396. The normalized spacial score (nSPS) is 11.5. The highest BCUT2D eigenvalue weighted by molar-refractivity contribution is 5.97. The van der Waals surface area contributed by atoms with Crippen molar-refractivity contribution in [3.8, 4) is 22.6 Å². The lowest BCUT2D eigenvalue weighted by atomic mass is 9.95. The summed E-state index contributed by atoms with van der Waals surface area (Å²) in [5.41, 5.74) is 1.19. The summed E-state index contributed by atoms with van der Waals surface area (Å²) >= 11 is 0. The summed E-state index contributed by atoms with van der Waals surface area (Å²) in [6.45, 7) is 1.78. The van der Waals surface area contributed by atoms with E-state index in [-0.39, 0.29) is 11.1 Å². The molecule has 0 amide bonds. The number of aromatic nitrogens is 1. The number of carbonyl (C=O) groups is 1. The zero-order chi connectivity index (χ0) is 22.2. The van der Waals surface area contributed by atoms with Crippen molar-refractivity contribution in [2.24, 2.45) is 0 Å². The maximum absolute atomic E-state index is 13.4. The number of carboxylic acid groups (broad SMARTS) is 1. The van der Waals surface area contributed by atoms with E-state index in [0.29, 0.717) is 28.0 Å². The minimum Gasteiger partial charge on any atom is -0.478 e. The second-order valence-corrected chi connectivity index (χ2v) is 6.98. The van der Waals surface area contributed by atoms with Crippen LogP contribution in [0.3, 0.4) is 0 Å². The number of halogens is 3. The van der Waals surface area contributed by atoms with Crippen LogP contribution in [0.4, 0.5) is 13.2 Å². The van der Waals surface area contributed by atoms with Crippen molar-refractivity contribution < 1.29 is 27.8 Å². The number of hydrogen-bond donors (Lipinski definition) is 1. The Bertz CT molecular complexity index is 1300. The van der Waals surface area contributed by atoms with E-state index in [1.165, 1.54) is 24.4 Å². The van der Waals surface area contributed by atoms with Gasteiger partial charge in [-0.1, -0.05) is 30.3 Å². The minimum atomic E-state index is -4.51. The van der Waals surface area contributed by atoms with Crippen LogP contribution >= 0.6 is 0 Å². The molecule has 0 aliphatic heterocycles. The molecule has 7 heteroatoms. The molecule has 0 saturated heterocycles. The summed E-state index contributed by atoms with van der Waals surface area (Å²) in [4.78, 5) is 15.2. The number of aryl methyl sites for hydroxylation is 1. The Morgan fingerprint density at radius 3 is 2.35 bits per heavy atom. The first kappa shape index (κ1) is 20.4. The molecular formula is C24H16F3NO3. The Morgan fingerprint density at radius 2 is 1.65 bits per heavy atom. The zero-order valence-electron chi connectivity index (χ0n) is 16.3. The van der Waals surface area contributed by atoms with E-state index in [9.17, 15) is 18.0 Å². The average molecular weight is 423 g/mol. The summed E-state index contributed by atoms with van der Waals surface area (Å²) in [5, 5.41) is 9.53. The summed E-state index contributed by atoms with van der Waals surface area (Å²) in [5.74, 6) is -0.303. The molecule has 4 aromatic rings. The maximum atomic E-state index is 13.4. The van der Waals surface area contributed by atoms with Crippen LogP contribution in [0.1, 0.15) is 21.5 Å². The van der Waals surface area contributed by atoms with Gasteiger partial charge in [0.05, 0.1) is 16.6 Å². The molecule has 0 bridgehead atoms. The first-order valence-corrected chi connectivity index (χ1v) is 9.31. The van der Waals surface area contributed by atoms with E-state index >= 15 is 0 Å². The van der Waals surface area contributed by atoms with Crippen LogP contribution in [0.15, 0.2) is 72.9 Å². The number of pyridine rings is 1. The summed E-state index contributed by atoms with van der Waals surface area (Å²) < 4.78 is 46.1. The molecule has 0 spiro atoms. The predicted molar refractivity (Wildman–Crippen MR) is 110 cm³/mol. The topological polar surface area (TPSA) is 59.4 Å². The average Bonchev–Trinajstić information content (AvgIpc) is 2.73. The van der Waals surface area contributed by atoms with Gasteiger partial charge in [-0.3, -0.25) is 4.98 Å². The number of fused-ring (bicyclic) bond motifs is 1. The molecule has 1 heterocycles. The highest BCUT2D eigenvalue weighted by atomic mass is 19.4. The number of alkyl halides is 3. The van der Waals surface area contributed by atoms with Crippen molar-refractivity contribution >= 4 is 16.9 Å². The van der Waals surface area contributed by atoms with Crippen LogP contribution in [0, 0.1) is 6.92 Å². The molecule has 0 fully saturated rings. The van der Waals surface area contributed by atoms with Gasteiger partial charge in [-0.05, 0) is 60.0 Å². The number of nitrogens with zero attached hydrogens (tertiary/aromatic N) is 1. The SMILES string of the molecule is Cc1cnc2c(C(F)(F)F)cccc2c1-c1cccc(Oc2cccc(C(=O)O)c2)c1. The van der Waals surface area contributed by atoms with Gasteiger partial charge >= 0.3 is 12.1 Å². The molecule has 4 rings (SSSR count). The molecule has 0 aliphatic carbocycles. The van der Waals surface area contributed by atoms with Crippen molar-refractivity contribution in [1.82, 2.24) is 4.98 Å². The van der Waals surface area contributed by atoms with Crippen molar-refractivity contribution in [1.29, 1.82) is 0 Å². The number of carboxylic acids is 1. The van der Waals surface area contributed by atoms with Crippen LogP contribution in [0.2, 0.25) is 0 Å². The molecule has 4 nitrogen and oxygen atoms in total. The lowest BCUT2D eigenvalue weighted by Gasteiger charge is -2.15. The van der Waals surface area contributed by atoms with E-state index < -0.39 is 17.7 Å². The van der Waals surface area contributed by atoms with Crippen LogP contribution in [-0.4, -0.2) is 16.1 Å². The van der Waals surface area contributed by atoms with E-state index in [2.05, 4.69) is 4.98 Å². The van der Waals surface area contributed by atoms with Gasteiger partial charge < -0.3 is 9.84 Å². The first-order valence-electron chi connectivity index (χ1n) is 9.31. The summed E-state index contributed by atoms with van der Waals surface area (Å²) in [7, 11) is 0. The lowest BCUT2D eigenvalue weighted by Crippen LogP contribution is -2.07. The molecule has 0 unspecified atom stereocenters. The van der Waals surface area contributed by atoms with E-state index in [1.807, 2.05) is 0 Å². The highest BCUT2D eigenvalue weighted by Crippen LogP contribution is 2.39. The molecule has 156 valence electrons. The number of benzene rings is 3. The van der Waals surface area contributed by atoms with Crippen LogP contribution in [0.25, 0.3) is 22.0 Å². The van der Waals surface area contributed by atoms with Gasteiger partial charge in [0.2, 0.25) is 0 Å². The lowest BCUT2D eigenvalue weighted by molar-refractivity contribution is -0.136. The third-order valence-electron chi connectivity index (χ3n) is 4.83. The smallest absolute Gasteiger partial charge is 0.418 e. The second kappa shape index (κ2) is 7.75. The molecule has 1 N–H and O–H groups in total. The van der Waals surface area contributed by atoms with Gasteiger partial charge in [0.1, 0.15) is 11.5 Å². The van der Waals surface area contributed by atoms with E-state index in [4.69, 9.17) is 9.84 Å². The number of hydrogen-bond acceptors (Lipinski definition) is 3. The summed E-state index contributed by atoms with van der Waals surface area (Å²) in [6, 6.07) is 17.0. The van der Waals surface area contributed by atoms with Gasteiger partial charge in [-0.2, -0.15) is 13.2 Å². The molecule has 0 atom stereocenters. The van der Waals surface area contributed by atoms with E-state index in [1.54, 1.807) is 49.4 Å². The van der Waals surface area contributed by atoms with Gasteiger partial charge in [-0.15, -0.1) is 0 Å². The monoisotopic (exact) mass is 423 g/mol. The number of ether oxygens (including phenoxy) is 1. The number of para-hydroxylation sites is 1. The van der Waals surface area contributed by atoms with Crippen LogP contribution in [0.5, 0.6) is 11.5 Å². The third-order valence-corrected chi connectivity index (χ3v) is 4.83. The Morgan fingerprint density at radius 1 is 0.968 bits per heavy atom. The Balaban J connectivity index is 1.80. The van der Waals surface area contributed by atoms with Crippen molar-refractivity contribution in [3.05, 3.63) is 89.6 Å². The molecule has 0 aliphatic rings. The molecular weight excluding hydrogens is 407 g/mol. The third kappa shape index (κ3) is 4.07. The fourth-order valence-corrected chi connectivity index (χ4v) is 3.48. The standard InChI is InChI=1S/C24H16F3NO3/c1-14-13-28-22-19(9-4-10-20(22)24(25,26)27)21(14)15-5-2-7-17(11-15)31-18-8-3-6-16(12-18)23(29)30/h2-13H,1H3,(H,29,30). The minimum absolute atomic E-state index is 0.0873. The van der Waals surface area contributed by atoms with Gasteiger partial charge in [0.15, 0.2) is 0 Å². The molecule has 31 heavy (non-hydrogen) atoms. The number of aromatic carboxylic acids is 1. The second-order valence-electron chi connectivity index (χ2n) is 6.98. The van der Waals surface area contributed by atoms with Crippen LogP contribution < -0.4 is 4.74 Å². The zero-order valence-corrected chi connectivity index (χ0v) is 16.3. The first-order chi connectivity index (χ1) is 14.7. The summed E-state index contributed by atoms with van der Waals surface area (Å²) in [6.07, 6.45) is -3.09. The molecule has 0 saturated carbocycles. The van der Waals surface area contributed by atoms with Crippen molar-refractivity contribution in [2.75, 3.05) is 0 Å². The van der Waals surface area contributed by atoms with Gasteiger partial charge in [0, 0.05) is 11.6 Å². The van der Waals surface area contributed by atoms with Gasteiger partial charge in [0.25, 0.3) is 0 Å². The highest BCUT2D eigenvalue weighted by Gasteiger charge is 2.33. The Kier molecular flexibility index (Phi) is 5.10. The fraction of sp³-hybridized carbons (Fsp3) is 0.0833. The van der Waals surface area contributed by atoms with Crippen molar-refractivity contribution in [2.45, 2.75) is 13.1 Å². The molecule has 1 aromatic heterocycles.